The molecule has 5 heteroatoms. The minimum atomic E-state index is -7.38. The van der Waals surface area contributed by atoms with E-state index in [1.165, 1.54) is 22.3 Å². The molecule has 3 aromatic rings. The molecule has 0 unspecified atom stereocenters. The second-order valence-electron chi connectivity index (χ2n) is 14.5. The van der Waals surface area contributed by atoms with Crippen LogP contribution in [0.15, 0.2) is 103 Å². The van der Waals surface area contributed by atoms with Gasteiger partial charge < -0.3 is 0 Å². The van der Waals surface area contributed by atoms with E-state index in [2.05, 4.69) is 142 Å². The summed E-state index contributed by atoms with van der Waals surface area (Å²) in [4.78, 5) is 0. The third kappa shape index (κ3) is 1.92. The summed E-state index contributed by atoms with van der Waals surface area (Å²) in [6.45, 7) is 14.6. The third-order valence-corrected chi connectivity index (χ3v) is 288. The van der Waals surface area contributed by atoms with Gasteiger partial charge in [-0.2, -0.15) is 0 Å². The molecule has 0 saturated heterocycles. The fourth-order valence-electron chi connectivity index (χ4n) is 9.82. The van der Waals surface area contributed by atoms with E-state index in [4.69, 9.17) is 4.26 Å². The Bertz CT molecular complexity index is 1590. The van der Waals surface area contributed by atoms with E-state index in [0.29, 0.717) is 0 Å². The Morgan fingerprint density at radius 3 is 1.42 bits per heavy atom. The fourth-order valence-corrected chi connectivity index (χ4v) is 200. The van der Waals surface area contributed by atoms with Crippen molar-refractivity contribution < 1.29 is 9.58 Å². The molecule has 0 spiro atoms. The van der Waals surface area contributed by atoms with E-state index in [9.17, 15) is 17.2 Å². The quantitative estimate of drug-likeness (QED) is 0.231. The van der Waals surface area contributed by atoms with Crippen LogP contribution in [0.3, 0.4) is 0 Å². The second kappa shape index (κ2) is 6.20. The summed E-state index contributed by atoms with van der Waals surface area (Å²) < 4.78 is 6.50. The average Bonchev–Trinajstić information content (AvgIpc) is 3.47. The Balaban J connectivity index is 2.33. The number of allylic oxidation sites excluding steroid dienone is 4. The van der Waals surface area contributed by atoms with Gasteiger partial charge in [0.1, 0.15) is 0 Å². The molecule has 5 rings (SSSR count). The average molecular weight is 717 g/mol. The molecule has 0 radical (unpaired) electrons. The van der Waals surface area contributed by atoms with Crippen molar-refractivity contribution in [3.63, 3.8) is 0 Å². The van der Waals surface area contributed by atoms with Gasteiger partial charge in [0.05, 0.1) is 0 Å². The van der Waals surface area contributed by atoms with Crippen molar-refractivity contribution in [3.8, 4) is 11.1 Å². The number of fused-ring (bicyclic) bond motifs is 3. The Morgan fingerprint density at radius 1 is 0.611 bits per heavy atom. The molecule has 2 aliphatic rings. The molecule has 0 nitrogen and oxygen atoms in total. The maximum atomic E-state index is 9.57. The van der Waals surface area contributed by atoms with Crippen molar-refractivity contribution in [2.24, 2.45) is 0 Å². The van der Waals surface area contributed by atoms with E-state index < -0.39 is 20.1 Å². The molecule has 3 aromatic carbocycles. The number of rotatable bonds is 5. The fraction of sp³-hybridized carbons (Fsp3) is 0.258. The zero-order valence-electron chi connectivity index (χ0n) is 22.4. The Morgan fingerprint density at radius 2 is 1.00 bits per heavy atom. The van der Waals surface area contributed by atoms with Gasteiger partial charge in [-0.15, -0.1) is 0 Å². The van der Waals surface area contributed by atoms with Gasteiger partial charge in [0, 0.05) is 0 Å². The minimum absolute atomic E-state index is 0.186. The Kier molecular flexibility index (Phi) is 4.57. The van der Waals surface area contributed by atoms with Crippen molar-refractivity contribution in [2.75, 3.05) is 0 Å². The zero-order valence-corrected chi connectivity index (χ0v) is 29.5. The summed E-state index contributed by atoms with van der Waals surface area (Å²) >= 11 is 0. The molecule has 0 aliphatic heterocycles. The normalized spacial score (nSPS) is 20.7. The number of benzene rings is 3. The van der Waals surface area contributed by atoms with Crippen LogP contribution >= 0.6 is 17.2 Å². The zero-order chi connectivity index (χ0) is 26.4. The first-order valence-corrected chi connectivity index (χ1v) is 48.3. The molecular weight excluding hydrogens is 678 g/mol. The van der Waals surface area contributed by atoms with Crippen LogP contribution in [0.25, 0.3) is 11.1 Å². The monoisotopic (exact) mass is 717 g/mol. The van der Waals surface area contributed by atoms with Crippen LogP contribution in [0.2, 0.25) is 43.0 Å². The molecule has 0 atom stereocenters. The first kappa shape index (κ1) is 26.5. The van der Waals surface area contributed by atoms with Crippen LogP contribution in [-0.4, -0.2) is 14.8 Å². The van der Waals surface area contributed by atoms with Gasteiger partial charge in [-0.3, -0.25) is 0 Å². The summed E-state index contributed by atoms with van der Waals surface area (Å²) in [6, 6.07) is 28.5. The van der Waals surface area contributed by atoms with E-state index in [0.717, 1.165) is 3.32 Å². The molecule has 2 aliphatic carbocycles. The Hall–Kier alpha value is -1.11. The third-order valence-electron chi connectivity index (χ3n) is 13.0. The van der Waals surface area contributed by atoms with Crippen molar-refractivity contribution in [3.05, 3.63) is 114 Å². The summed E-state index contributed by atoms with van der Waals surface area (Å²) in [5, 5.41) is -5.48. The molecule has 36 heavy (non-hydrogen) atoms. The van der Waals surface area contributed by atoms with Gasteiger partial charge in [-0.1, -0.05) is 0 Å². The van der Waals surface area contributed by atoms with Gasteiger partial charge in [0.25, 0.3) is 0 Å². The topological polar surface area (TPSA) is 0 Å². The van der Waals surface area contributed by atoms with Crippen molar-refractivity contribution in [1.29, 1.82) is 0 Å². The van der Waals surface area contributed by atoms with Crippen LogP contribution in [-0.2, 0) is 9.58 Å². The molecule has 0 aromatic heterocycles. The first-order valence-electron chi connectivity index (χ1n) is 13.1. The SMILES string of the molecule is [CH2]=[Hf]([Cl])([Cl])([c]1ccccc1)([CH]1C=CC=C1)([CH]1c2ccccc2-c2ccccc21)([Si](C)(C)C)[Si](C)(C)C. The predicted octanol–water partition coefficient (Wildman–Crippen LogP) is 9.70. The van der Waals surface area contributed by atoms with Crippen LogP contribution in [0.1, 0.15) is 14.8 Å². The second-order valence-corrected chi connectivity index (χ2v) is 160. The number of halogens is 2. The van der Waals surface area contributed by atoms with Crippen LogP contribution in [0.4, 0.5) is 0 Å². The molecule has 0 bridgehead atoms. The van der Waals surface area contributed by atoms with Crippen LogP contribution in [0, 0.1) is 0 Å². The summed E-state index contributed by atoms with van der Waals surface area (Å²) in [6.07, 6.45) is 8.94. The van der Waals surface area contributed by atoms with E-state index in [-0.39, 0.29) is 7.35 Å². The number of hydrogen-bond acceptors (Lipinski definition) is 0. The summed E-state index contributed by atoms with van der Waals surface area (Å²) in [7, 11) is 11.8. The van der Waals surface area contributed by atoms with Gasteiger partial charge in [-0.05, 0) is 0 Å². The van der Waals surface area contributed by atoms with Crippen LogP contribution in [0.5, 0.6) is 0 Å². The van der Waals surface area contributed by atoms with E-state index in [1.807, 2.05) is 0 Å². The molecule has 0 saturated carbocycles. The first-order chi connectivity index (χ1) is 16.5. The molecule has 189 valence electrons. The molecule has 0 N–H and O–H groups in total. The molecular formula is C31H39Cl2HfSi2. The Labute approximate surface area is 215 Å². The molecule has 0 heterocycles. The van der Waals surface area contributed by atoms with Gasteiger partial charge in [-0.25, -0.2) is 0 Å². The van der Waals surface area contributed by atoms with Gasteiger partial charge in [0.2, 0.25) is 0 Å². The maximum absolute atomic E-state index is 9.57. The predicted molar refractivity (Wildman–Crippen MR) is 167 cm³/mol. The molecule has 0 fully saturated rings. The van der Waals surface area contributed by atoms with Crippen molar-refractivity contribution in [2.45, 2.75) is 46.6 Å². The van der Waals surface area contributed by atoms with Gasteiger partial charge in [0.15, 0.2) is 0 Å². The number of hydrogen-bond donors (Lipinski definition) is 0. The molecule has 0 amide bonds. The van der Waals surface area contributed by atoms with Gasteiger partial charge >= 0.3 is 217 Å². The standard InChI is InChI=1S/C13H9.C6H5.C5H5.2C3H9Si.CH2.2ClH.Hf/c1-3-7-12-10(5-1)9-11-6-2-4-8-13(11)12;1-2-4-6-5-3-1;1-2-4-5-3-1;2*1-4(2)3;;;;/h1-9H;1-5H;1-5H;2*1-3H3;1H2;2*1H;/q;;;;;;;;+2/p-2. The van der Waals surface area contributed by atoms with Crippen molar-refractivity contribution >= 4 is 35.3 Å². The van der Waals surface area contributed by atoms with E-state index in [1.54, 1.807) is 0 Å². The van der Waals surface area contributed by atoms with Crippen LogP contribution < -0.4 is 3.32 Å². The summed E-state index contributed by atoms with van der Waals surface area (Å²) in [5.41, 5.74) is 4.98. The van der Waals surface area contributed by atoms with E-state index >= 15 is 0 Å². The van der Waals surface area contributed by atoms with Crippen molar-refractivity contribution in [1.82, 2.24) is 0 Å². The summed E-state index contributed by atoms with van der Waals surface area (Å²) in [5.74, 6) is 0.